The summed E-state index contributed by atoms with van der Waals surface area (Å²) in [6, 6.07) is 13.7. The first kappa shape index (κ1) is 13.1. The molecule has 0 bridgehead atoms. The van der Waals surface area contributed by atoms with Crippen molar-refractivity contribution in [2.24, 2.45) is 5.73 Å². The van der Waals surface area contributed by atoms with E-state index in [2.05, 4.69) is 37.4 Å². The van der Waals surface area contributed by atoms with Crippen LogP contribution in [0.15, 0.2) is 42.5 Å². The summed E-state index contributed by atoms with van der Waals surface area (Å²) in [5, 5.41) is 3.36. The van der Waals surface area contributed by atoms with Crippen molar-refractivity contribution >= 4 is 11.6 Å². The Bertz CT molecular complexity index is 585. The number of nitrogens with one attached hydrogen (secondary N) is 1. The Morgan fingerprint density at radius 1 is 1.11 bits per heavy atom. The molecule has 2 aromatic carbocycles. The van der Waals surface area contributed by atoms with Crippen LogP contribution in [0.5, 0.6) is 0 Å². The van der Waals surface area contributed by atoms with Gasteiger partial charge in [-0.05, 0) is 54.8 Å². The number of carbonyl (C=O) groups excluding carboxylic acids is 1. The fourth-order valence-corrected chi connectivity index (χ4v) is 2.12. The zero-order chi connectivity index (χ0) is 13.8. The van der Waals surface area contributed by atoms with Crippen molar-refractivity contribution in [2.45, 2.75) is 20.4 Å². The van der Waals surface area contributed by atoms with Gasteiger partial charge in [0.25, 0.3) is 0 Å². The lowest BCUT2D eigenvalue weighted by Crippen LogP contribution is -2.11. The number of hydrogen-bond acceptors (Lipinski definition) is 2. The second-order valence-corrected chi connectivity index (χ2v) is 4.79. The third-order valence-electron chi connectivity index (χ3n) is 2.93. The zero-order valence-corrected chi connectivity index (χ0v) is 11.2. The van der Waals surface area contributed by atoms with Crippen LogP contribution in [-0.2, 0) is 6.54 Å². The van der Waals surface area contributed by atoms with E-state index in [1.807, 2.05) is 18.2 Å². The molecule has 0 spiro atoms. The molecule has 2 rings (SSSR count). The lowest BCUT2D eigenvalue weighted by molar-refractivity contribution is 0.1000. The molecule has 0 aromatic heterocycles. The standard InChI is InChI=1S/C16H18N2O/c1-11-6-12(2)8-15(7-11)18-10-13-4-3-5-14(9-13)16(17)19/h3-9,18H,10H2,1-2H3,(H2,17,19). The van der Waals surface area contributed by atoms with Gasteiger partial charge in [0.2, 0.25) is 5.91 Å². The molecule has 0 aliphatic heterocycles. The van der Waals surface area contributed by atoms with E-state index in [4.69, 9.17) is 5.73 Å². The minimum Gasteiger partial charge on any atom is -0.381 e. The number of amides is 1. The maximum Gasteiger partial charge on any atom is 0.248 e. The lowest BCUT2D eigenvalue weighted by atomic mass is 10.1. The predicted molar refractivity (Wildman–Crippen MR) is 78.2 cm³/mol. The number of nitrogens with two attached hydrogens (primary N) is 1. The quantitative estimate of drug-likeness (QED) is 0.881. The normalized spacial score (nSPS) is 10.2. The lowest BCUT2D eigenvalue weighted by Gasteiger charge is -2.09. The maximum absolute atomic E-state index is 11.1. The van der Waals surface area contributed by atoms with E-state index in [9.17, 15) is 4.79 Å². The number of carbonyl (C=O) groups is 1. The van der Waals surface area contributed by atoms with Gasteiger partial charge >= 0.3 is 0 Å². The summed E-state index contributed by atoms with van der Waals surface area (Å²) >= 11 is 0. The average molecular weight is 254 g/mol. The number of primary amides is 1. The highest BCUT2D eigenvalue weighted by atomic mass is 16.1. The minimum atomic E-state index is -0.395. The van der Waals surface area contributed by atoms with Crippen LogP contribution >= 0.6 is 0 Å². The molecule has 0 fully saturated rings. The minimum absolute atomic E-state index is 0.395. The fourth-order valence-electron chi connectivity index (χ4n) is 2.12. The average Bonchev–Trinajstić information content (AvgIpc) is 2.35. The molecular weight excluding hydrogens is 236 g/mol. The van der Waals surface area contributed by atoms with Gasteiger partial charge in [0.1, 0.15) is 0 Å². The van der Waals surface area contributed by atoms with E-state index in [1.54, 1.807) is 6.07 Å². The fraction of sp³-hybridized carbons (Fsp3) is 0.188. The van der Waals surface area contributed by atoms with Gasteiger partial charge in [0.05, 0.1) is 0 Å². The van der Waals surface area contributed by atoms with Gasteiger partial charge in [0, 0.05) is 17.8 Å². The molecule has 1 amide bonds. The van der Waals surface area contributed by atoms with Crippen LogP contribution in [0.4, 0.5) is 5.69 Å². The van der Waals surface area contributed by atoms with Crippen LogP contribution in [-0.4, -0.2) is 5.91 Å². The zero-order valence-electron chi connectivity index (χ0n) is 11.2. The van der Waals surface area contributed by atoms with Gasteiger partial charge in [-0.2, -0.15) is 0 Å². The van der Waals surface area contributed by atoms with Gasteiger partial charge in [-0.3, -0.25) is 4.79 Å². The van der Waals surface area contributed by atoms with Gasteiger partial charge in [-0.15, -0.1) is 0 Å². The summed E-state index contributed by atoms with van der Waals surface area (Å²) in [5.41, 5.74) is 10.4. The van der Waals surface area contributed by atoms with E-state index < -0.39 is 5.91 Å². The number of anilines is 1. The van der Waals surface area contributed by atoms with Crippen molar-refractivity contribution in [1.82, 2.24) is 0 Å². The number of rotatable bonds is 4. The van der Waals surface area contributed by atoms with Gasteiger partial charge in [0.15, 0.2) is 0 Å². The predicted octanol–water partition coefficient (Wildman–Crippen LogP) is 3.01. The topological polar surface area (TPSA) is 55.1 Å². The summed E-state index contributed by atoms with van der Waals surface area (Å²) in [5.74, 6) is -0.395. The molecule has 0 saturated heterocycles. The molecule has 0 aliphatic carbocycles. The maximum atomic E-state index is 11.1. The third-order valence-corrected chi connectivity index (χ3v) is 2.93. The van der Waals surface area contributed by atoms with Crippen molar-refractivity contribution in [3.8, 4) is 0 Å². The van der Waals surface area contributed by atoms with Crippen molar-refractivity contribution < 1.29 is 4.79 Å². The van der Waals surface area contributed by atoms with Gasteiger partial charge in [-0.25, -0.2) is 0 Å². The SMILES string of the molecule is Cc1cc(C)cc(NCc2cccc(C(N)=O)c2)c1. The summed E-state index contributed by atoms with van der Waals surface area (Å²) in [6.45, 7) is 4.82. The molecular formula is C16H18N2O. The summed E-state index contributed by atoms with van der Waals surface area (Å²) in [6.07, 6.45) is 0. The number of hydrogen-bond donors (Lipinski definition) is 2. The van der Waals surface area contributed by atoms with E-state index in [1.165, 1.54) is 11.1 Å². The van der Waals surface area contributed by atoms with Crippen LogP contribution in [0.25, 0.3) is 0 Å². The van der Waals surface area contributed by atoms with E-state index >= 15 is 0 Å². The Morgan fingerprint density at radius 3 is 2.42 bits per heavy atom. The molecule has 0 atom stereocenters. The molecule has 0 heterocycles. The second-order valence-electron chi connectivity index (χ2n) is 4.79. The Hall–Kier alpha value is -2.29. The van der Waals surface area contributed by atoms with Gasteiger partial charge in [-0.1, -0.05) is 18.2 Å². The molecule has 3 heteroatoms. The van der Waals surface area contributed by atoms with Crippen molar-refractivity contribution in [3.63, 3.8) is 0 Å². The van der Waals surface area contributed by atoms with Gasteiger partial charge < -0.3 is 11.1 Å². The molecule has 3 N–H and O–H groups in total. The first-order valence-electron chi connectivity index (χ1n) is 6.25. The van der Waals surface area contributed by atoms with Crippen LogP contribution < -0.4 is 11.1 Å². The highest BCUT2D eigenvalue weighted by Crippen LogP contribution is 2.15. The molecule has 98 valence electrons. The van der Waals surface area contributed by atoms with E-state index in [0.29, 0.717) is 12.1 Å². The van der Waals surface area contributed by atoms with E-state index in [0.717, 1.165) is 11.3 Å². The summed E-state index contributed by atoms with van der Waals surface area (Å²) in [4.78, 5) is 11.1. The molecule has 0 unspecified atom stereocenters. The molecule has 2 aromatic rings. The number of benzene rings is 2. The Morgan fingerprint density at radius 2 is 1.79 bits per heavy atom. The molecule has 3 nitrogen and oxygen atoms in total. The first-order valence-corrected chi connectivity index (χ1v) is 6.25. The van der Waals surface area contributed by atoms with Crippen LogP contribution in [0.2, 0.25) is 0 Å². The van der Waals surface area contributed by atoms with E-state index in [-0.39, 0.29) is 0 Å². The Kier molecular flexibility index (Phi) is 3.85. The third kappa shape index (κ3) is 3.58. The Labute approximate surface area is 113 Å². The van der Waals surface area contributed by atoms with Crippen molar-refractivity contribution in [3.05, 3.63) is 64.7 Å². The van der Waals surface area contributed by atoms with Crippen LogP contribution in [0.3, 0.4) is 0 Å². The highest BCUT2D eigenvalue weighted by molar-refractivity contribution is 5.92. The van der Waals surface area contributed by atoms with Crippen molar-refractivity contribution in [2.75, 3.05) is 5.32 Å². The smallest absolute Gasteiger partial charge is 0.248 e. The Balaban J connectivity index is 2.10. The van der Waals surface area contributed by atoms with Crippen LogP contribution in [0, 0.1) is 13.8 Å². The monoisotopic (exact) mass is 254 g/mol. The number of aryl methyl sites for hydroxylation is 2. The second kappa shape index (κ2) is 5.57. The molecule has 0 aliphatic rings. The molecule has 0 radical (unpaired) electrons. The summed E-state index contributed by atoms with van der Waals surface area (Å²) in [7, 11) is 0. The summed E-state index contributed by atoms with van der Waals surface area (Å²) < 4.78 is 0. The largest absolute Gasteiger partial charge is 0.381 e. The first-order chi connectivity index (χ1) is 9.04. The molecule has 0 saturated carbocycles. The van der Waals surface area contributed by atoms with Crippen LogP contribution in [0.1, 0.15) is 27.0 Å². The molecule has 19 heavy (non-hydrogen) atoms. The van der Waals surface area contributed by atoms with Crippen molar-refractivity contribution in [1.29, 1.82) is 0 Å². The highest BCUT2D eigenvalue weighted by Gasteiger charge is 2.01.